The van der Waals surface area contributed by atoms with Gasteiger partial charge in [0.15, 0.2) is 0 Å². The molecule has 0 fully saturated rings. The van der Waals surface area contributed by atoms with Crippen LogP contribution in [0.25, 0.3) is 0 Å². The molecular formula is C12H23N3O. The van der Waals surface area contributed by atoms with Gasteiger partial charge in [0.1, 0.15) is 0 Å². The molecular weight excluding hydrogens is 202 g/mol. The summed E-state index contributed by atoms with van der Waals surface area (Å²) in [6.07, 6.45) is 2.35. The maximum atomic E-state index is 4.96. The van der Waals surface area contributed by atoms with Crippen molar-refractivity contribution in [2.45, 2.75) is 33.2 Å². The lowest BCUT2D eigenvalue weighted by molar-refractivity contribution is 0.199. The molecule has 1 aromatic rings. The summed E-state index contributed by atoms with van der Waals surface area (Å²) < 4.78 is 7.05. The zero-order chi connectivity index (χ0) is 11.8. The number of hydrogen-bond acceptors (Lipinski definition) is 3. The molecule has 0 saturated carbocycles. The predicted octanol–water partition coefficient (Wildman–Crippen LogP) is 1.52. The van der Waals surface area contributed by atoms with Crippen LogP contribution in [0.4, 0.5) is 0 Å². The number of nitrogens with zero attached hydrogens (tertiary/aromatic N) is 2. The van der Waals surface area contributed by atoms with Crippen LogP contribution >= 0.6 is 0 Å². The molecule has 1 aromatic heterocycles. The van der Waals surface area contributed by atoms with E-state index in [1.807, 2.05) is 6.92 Å². The highest BCUT2D eigenvalue weighted by atomic mass is 16.5. The fraction of sp³-hybridized carbons (Fsp3) is 0.750. The van der Waals surface area contributed by atoms with Crippen LogP contribution < -0.4 is 5.32 Å². The molecule has 1 N–H and O–H groups in total. The van der Waals surface area contributed by atoms with Crippen LogP contribution in [-0.4, -0.2) is 36.6 Å². The maximum Gasteiger partial charge on any atom is 0.0596 e. The maximum absolute atomic E-state index is 4.96. The second-order valence-electron chi connectivity index (χ2n) is 4.10. The van der Waals surface area contributed by atoms with Crippen LogP contribution in [0.5, 0.6) is 0 Å². The van der Waals surface area contributed by atoms with Crippen molar-refractivity contribution < 1.29 is 4.74 Å². The van der Waals surface area contributed by atoms with Gasteiger partial charge in [-0.15, -0.1) is 0 Å². The third-order valence-corrected chi connectivity index (χ3v) is 2.56. The number of aromatic nitrogens is 2. The van der Waals surface area contributed by atoms with E-state index in [1.54, 1.807) is 7.11 Å². The Labute approximate surface area is 98.0 Å². The van der Waals surface area contributed by atoms with Crippen molar-refractivity contribution >= 4 is 0 Å². The molecule has 0 radical (unpaired) electrons. The summed E-state index contributed by atoms with van der Waals surface area (Å²) in [5.74, 6) is 0. The molecule has 4 heteroatoms. The smallest absolute Gasteiger partial charge is 0.0596 e. The van der Waals surface area contributed by atoms with E-state index in [-0.39, 0.29) is 0 Å². The molecule has 0 atom stereocenters. The number of unbranched alkanes of at least 4 members (excludes halogenated alkanes) is 1. The highest BCUT2D eigenvalue weighted by molar-refractivity contribution is 5.06. The lowest BCUT2D eigenvalue weighted by Crippen LogP contribution is -2.20. The van der Waals surface area contributed by atoms with Crippen LogP contribution in [0.1, 0.15) is 24.2 Å². The normalized spacial score (nSPS) is 10.9. The Morgan fingerprint density at radius 3 is 2.75 bits per heavy atom. The van der Waals surface area contributed by atoms with E-state index >= 15 is 0 Å². The minimum Gasteiger partial charge on any atom is -0.383 e. The summed E-state index contributed by atoms with van der Waals surface area (Å²) in [6.45, 7) is 7.95. The van der Waals surface area contributed by atoms with E-state index in [2.05, 4.69) is 28.1 Å². The van der Waals surface area contributed by atoms with Gasteiger partial charge in [0.05, 0.1) is 12.3 Å². The van der Waals surface area contributed by atoms with Gasteiger partial charge >= 0.3 is 0 Å². The van der Waals surface area contributed by atoms with Crippen molar-refractivity contribution in [3.05, 3.63) is 17.5 Å². The minimum atomic E-state index is 0.789. The number of ether oxygens (including phenoxy) is 1. The third kappa shape index (κ3) is 4.77. The van der Waals surface area contributed by atoms with Crippen molar-refractivity contribution in [3.8, 4) is 0 Å². The zero-order valence-corrected chi connectivity index (χ0v) is 10.6. The van der Waals surface area contributed by atoms with Crippen LogP contribution in [0, 0.1) is 13.8 Å². The molecule has 0 aliphatic heterocycles. The Morgan fingerprint density at radius 1 is 1.31 bits per heavy atom. The topological polar surface area (TPSA) is 39.1 Å². The van der Waals surface area contributed by atoms with Crippen molar-refractivity contribution in [2.75, 3.05) is 26.8 Å². The summed E-state index contributed by atoms with van der Waals surface area (Å²) in [6, 6.07) is 2.12. The molecule has 0 aromatic carbocycles. The van der Waals surface area contributed by atoms with Gasteiger partial charge in [0.25, 0.3) is 0 Å². The summed E-state index contributed by atoms with van der Waals surface area (Å²) in [5, 5.41) is 7.77. The lowest BCUT2D eigenvalue weighted by atomic mass is 10.3. The van der Waals surface area contributed by atoms with E-state index in [9.17, 15) is 0 Å². The molecule has 1 rings (SSSR count). The number of methoxy groups -OCH3 is 1. The molecule has 0 spiro atoms. The van der Waals surface area contributed by atoms with Gasteiger partial charge in [-0.2, -0.15) is 5.10 Å². The molecule has 0 amide bonds. The summed E-state index contributed by atoms with van der Waals surface area (Å²) in [4.78, 5) is 0. The van der Waals surface area contributed by atoms with Gasteiger partial charge in [-0.25, -0.2) is 0 Å². The van der Waals surface area contributed by atoms with E-state index in [0.717, 1.165) is 31.9 Å². The standard InChI is InChI=1S/C12H23N3O/c1-11-10-12(2)15(14-11)8-5-4-6-13-7-9-16-3/h10,13H,4-9H2,1-3H3. The summed E-state index contributed by atoms with van der Waals surface area (Å²) in [7, 11) is 1.73. The Morgan fingerprint density at radius 2 is 2.12 bits per heavy atom. The van der Waals surface area contributed by atoms with Gasteiger partial charge in [-0.3, -0.25) is 4.68 Å². The van der Waals surface area contributed by atoms with Crippen LogP contribution in [0.3, 0.4) is 0 Å². The Balaban J connectivity index is 2.05. The number of nitrogens with one attached hydrogen (secondary N) is 1. The van der Waals surface area contributed by atoms with Crippen LogP contribution in [-0.2, 0) is 11.3 Å². The number of hydrogen-bond donors (Lipinski definition) is 1. The fourth-order valence-electron chi connectivity index (χ4n) is 1.71. The van der Waals surface area contributed by atoms with Crippen LogP contribution in [0.2, 0.25) is 0 Å². The second-order valence-corrected chi connectivity index (χ2v) is 4.10. The van der Waals surface area contributed by atoms with Gasteiger partial charge in [-0.05, 0) is 39.3 Å². The average Bonchev–Trinajstić information content (AvgIpc) is 2.56. The van der Waals surface area contributed by atoms with Crippen LogP contribution in [0.15, 0.2) is 6.07 Å². The Kier molecular flexibility index (Phi) is 6.11. The highest BCUT2D eigenvalue weighted by Crippen LogP contribution is 2.03. The number of aryl methyl sites for hydroxylation is 3. The van der Waals surface area contributed by atoms with Crippen molar-refractivity contribution in [1.29, 1.82) is 0 Å². The molecule has 0 bridgehead atoms. The highest BCUT2D eigenvalue weighted by Gasteiger charge is 1.99. The summed E-state index contributed by atoms with van der Waals surface area (Å²) in [5.41, 5.74) is 2.36. The first-order valence-corrected chi connectivity index (χ1v) is 5.94. The molecule has 0 aliphatic carbocycles. The largest absolute Gasteiger partial charge is 0.383 e. The van der Waals surface area contributed by atoms with Gasteiger partial charge < -0.3 is 10.1 Å². The fourth-order valence-corrected chi connectivity index (χ4v) is 1.71. The first kappa shape index (κ1) is 13.2. The molecule has 0 aliphatic rings. The van der Waals surface area contributed by atoms with Crippen molar-refractivity contribution in [1.82, 2.24) is 15.1 Å². The van der Waals surface area contributed by atoms with E-state index in [4.69, 9.17) is 4.74 Å². The molecule has 0 unspecified atom stereocenters. The molecule has 0 saturated heterocycles. The first-order valence-electron chi connectivity index (χ1n) is 5.94. The minimum absolute atomic E-state index is 0.789. The molecule has 1 heterocycles. The predicted molar refractivity (Wildman–Crippen MR) is 65.7 cm³/mol. The lowest BCUT2D eigenvalue weighted by Gasteiger charge is -2.05. The zero-order valence-electron chi connectivity index (χ0n) is 10.6. The van der Waals surface area contributed by atoms with E-state index < -0.39 is 0 Å². The third-order valence-electron chi connectivity index (χ3n) is 2.56. The van der Waals surface area contributed by atoms with Gasteiger partial charge in [0.2, 0.25) is 0 Å². The van der Waals surface area contributed by atoms with E-state index in [0.29, 0.717) is 0 Å². The van der Waals surface area contributed by atoms with Crippen molar-refractivity contribution in [2.24, 2.45) is 0 Å². The first-order chi connectivity index (χ1) is 7.74. The van der Waals surface area contributed by atoms with E-state index in [1.165, 1.54) is 18.5 Å². The quantitative estimate of drug-likeness (QED) is 0.682. The monoisotopic (exact) mass is 225 g/mol. The van der Waals surface area contributed by atoms with Crippen molar-refractivity contribution in [3.63, 3.8) is 0 Å². The SMILES string of the molecule is COCCNCCCCn1nc(C)cc1C. The Bertz CT molecular complexity index is 296. The molecule has 16 heavy (non-hydrogen) atoms. The second kappa shape index (κ2) is 7.41. The summed E-state index contributed by atoms with van der Waals surface area (Å²) >= 11 is 0. The average molecular weight is 225 g/mol. The van der Waals surface area contributed by atoms with Gasteiger partial charge in [0, 0.05) is 25.9 Å². The molecule has 92 valence electrons. The van der Waals surface area contributed by atoms with Gasteiger partial charge in [-0.1, -0.05) is 0 Å². The molecule has 4 nitrogen and oxygen atoms in total. The Hall–Kier alpha value is -0.870. The number of rotatable bonds is 8.